The molecule has 2 heterocycles. The van der Waals surface area contributed by atoms with E-state index in [2.05, 4.69) is 80.5 Å². The summed E-state index contributed by atoms with van der Waals surface area (Å²) in [5, 5.41) is 5.05. The summed E-state index contributed by atoms with van der Waals surface area (Å²) in [6, 6.07) is 15.3. The van der Waals surface area contributed by atoms with Gasteiger partial charge in [0, 0.05) is 0 Å². The fourth-order valence-corrected chi connectivity index (χ4v) is 9.84. The maximum atomic E-state index is 6.68. The summed E-state index contributed by atoms with van der Waals surface area (Å²) in [7, 11) is 0. The first-order valence-electron chi connectivity index (χ1n) is 10.4. The van der Waals surface area contributed by atoms with Crippen molar-refractivity contribution in [1.82, 2.24) is 4.98 Å². The third-order valence-electron chi connectivity index (χ3n) is 6.04. The van der Waals surface area contributed by atoms with Gasteiger partial charge >= 0.3 is 175 Å². The molecule has 0 saturated heterocycles. The van der Waals surface area contributed by atoms with Crippen LogP contribution in [0.5, 0.6) is 11.5 Å². The molecule has 0 atom stereocenters. The summed E-state index contributed by atoms with van der Waals surface area (Å²) in [4.78, 5) is 4.88. The normalized spacial score (nSPS) is 13.1. The molecule has 3 heteroatoms. The fourth-order valence-electron chi connectivity index (χ4n) is 5.08. The number of fused-ring (bicyclic) bond motifs is 3. The van der Waals surface area contributed by atoms with Gasteiger partial charge in [-0.05, 0) is 0 Å². The van der Waals surface area contributed by atoms with Gasteiger partial charge in [-0.15, -0.1) is 0 Å². The van der Waals surface area contributed by atoms with Gasteiger partial charge in [0.2, 0.25) is 0 Å². The average Bonchev–Trinajstić information content (AvgIpc) is 2.65. The summed E-state index contributed by atoms with van der Waals surface area (Å²) in [6.45, 7) is 6.73. The number of benzene rings is 3. The Morgan fingerprint density at radius 1 is 0.966 bits per heavy atom. The molecular weight excluding hydrogens is 415 g/mol. The van der Waals surface area contributed by atoms with Gasteiger partial charge in [0.15, 0.2) is 0 Å². The molecular formula is C26H27GeNO. The minimum atomic E-state index is -2.08. The molecule has 1 aliphatic heterocycles. The van der Waals surface area contributed by atoms with Gasteiger partial charge in [0.25, 0.3) is 0 Å². The van der Waals surface area contributed by atoms with Crippen molar-refractivity contribution >= 4 is 39.2 Å². The standard InChI is InChI=1S/C26H27GeNO/c1-15(2)22-18-10-8-7-9-17(18)14-20-25-23-19(11-12-28-25)24(27(4,5)6)16(3)13-21(23)29-26(20)22/h7-15H,1-6H3. The van der Waals surface area contributed by atoms with Crippen LogP contribution >= 0.6 is 0 Å². The molecule has 146 valence electrons. The number of hydrogen-bond donors (Lipinski definition) is 0. The van der Waals surface area contributed by atoms with Crippen molar-refractivity contribution in [3.05, 3.63) is 59.8 Å². The molecule has 4 aromatic rings. The summed E-state index contributed by atoms with van der Waals surface area (Å²) >= 11 is -2.08. The van der Waals surface area contributed by atoms with Crippen molar-refractivity contribution in [2.75, 3.05) is 0 Å². The van der Waals surface area contributed by atoms with E-state index in [4.69, 9.17) is 9.72 Å². The van der Waals surface area contributed by atoms with E-state index in [1.807, 2.05) is 6.20 Å². The Kier molecular flexibility index (Phi) is 4.08. The van der Waals surface area contributed by atoms with Crippen molar-refractivity contribution in [2.24, 2.45) is 0 Å². The molecule has 1 aliphatic rings. The van der Waals surface area contributed by atoms with E-state index < -0.39 is 13.3 Å². The van der Waals surface area contributed by atoms with Crippen LogP contribution in [0.25, 0.3) is 32.8 Å². The third kappa shape index (κ3) is 2.72. The first-order chi connectivity index (χ1) is 13.8. The molecule has 3 aromatic carbocycles. The Morgan fingerprint density at radius 3 is 2.45 bits per heavy atom. The van der Waals surface area contributed by atoms with Gasteiger partial charge in [-0.1, -0.05) is 0 Å². The van der Waals surface area contributed by atoms with E-state index in [1.165, 1.54) is 32.7 Å². The molecule has 0 unspecified atom stereocenters. The first kappa shape index (κ1) is 18.7. The zero-order valence-corrected chi connectivity index (χ0v) is 20.1. The Morgan fingerprint density at radius 2 is 1.72 bits per heavy atom. The topological polar surface area (TPSA) is 22.1 Å². The van der Waals surface area contributed by atoms with Crippen LogP contribution in [0, 0.1) is 6.92 Å². The van der Waals surface area contributed by atoms with E-state index in [-0.39, 0.29) is 0 Å². The second kappa shape index (κ2) is 6.33. The van der Waals surface area contributed by atoms with Gasteiger partial charge in [-0.3, -0.25) is 0 Å². The quantitative estimate of drug-likeness (QED) is 0.271. The van der Waals surface area contributed by atoms with E-state index in [0.717, 1.165) is 22.8 Å². The predicted molar refractivity (Wildman–Crippen MR) is 127 cm³/mol. The monoisotopic (exact) mass is 443 g/mol. The zero-order chi connectivity index (χ0) is 20.5. The first-order valence-corrected chi connectivity index (χ1v) is 17.8. The molecule has 0 bridgehead atoms. The zero-order valence-electron chi connectivity index (χ0n) is 18.1. The van der Waals surface area contributed by atoms with Crippen molar-refractivity contribution in [1.29, 1.82) is 0 Å². The molecule has 0 amide bonds. The number of rotatable bonds is 2. The van der Waals surface area contributed by atoms with Gasteiger partial charge in [0.1, 0.15) is 0 Å². The molecule has 2 nitrogen and oxygen atoms in total. The number of nitrogens with zero attached hydrogens (tertiary/aromatic N) is 1. The number of ether oxygens (including phenoxy) is 1. The van der Waals surface area contributed by atoms with E-state index in [0.29, 0.717) is 5.92 Å². The number of hydrogen-bond acceptors (Lipinski definition) is 2. The van der Waals surface area contributed by atoms with Crippen LogP contribution in [0.2, 0.25) is 17.3 Å². The molecule has 0 aliphatic carbocycles. The van der Waals surface area contributed by atoms with Crippen LogP contribution in [0.4, 0.5) is 0 Å². The SMILES string of the molecule is Cc1cc2c3c(nccc3[c]1[Ge]([CH3])([CH3])[CH3])-c1cc3ccccc3c(C(C)C)c1O2. The van der Waals surface area contributed by atoms with E-state index >= 15 is 0 Å². The van der Waals surface area contributed by atoms with Gasteiger partial charge in [-0.25, -0.2) is 0 Å². The summed E-state index contributed by atoms with van der Waals surface area (Å²) in [5.41, 5.74) is 4.83. The number of pyridine rings is 1. The van der Waals surface area contributed by atoms with E-state index in [1.54, 1.807) is 4.40 Å². The van der Waals surface area contributed by atoms with Crippen molar-refractivity contribution in [3.8, 4) is 22.8 Å². The molecule has 0 spiro atoms. The molecule has 0 radical (unpaired) electrons. The molecule has 5 rings (SSSR count). The Balaban J connectivity index is 1.95. The Bertz CT molecular complexity index is 1300. The van der Waals surface area contributed by atoms with E-state index in [9.17, 15) is 0 Å². The van der Waals surface area contributed by atoms with Crippen molar-refractivity contribution < 1.29 is 4.74 Å². The van der Waals surface area contributed by atoms with Crippen LogP contribution in [-0.2, 0) is 0 Å². The van der Waals surface area contributed by atoms with Crippen molar-refractivity contribution in [3.63, 3.8) is 0 Å². The summed E-state index contributed by atoms with van der Waals surface area (Å²) in [6.07, 6.45) is 1.98. The van der Waals surface area contributed by atoms with Gasteiger partial charge < -0.3 is 0 Å². The number of aryl methyl sites for hydroxylation is 1. The van der Waals surface area contributed by atoms with Crippen LogP contribution in [0.15, 0.2) is 48.7 Å². The van der Waals surface area contributed by atoms with Gasteiger partial charge in [-0.2, -0.15) is 0 Å². The van der Waals surface area contributed by atoms with Crippen LogP contribution in [0.1, 0.15) is 30.9 Å². The Hall–Kier alpha value is -2.33. The third-order valence-corrected chi connectivity index (χ3v) is 10.6. The molecule has 0 fully saturated rings. The molecule has 29 heavy (non-hydrogen) atoms. The maximum absolute atomic E-state index is 6.68. The van der Waals surface area contributed by atoms with Crippen LogP contribution < -0.4 is 9.13 Å². The Labute approximate surface area is 175 Å². The predicted octanol–water partition coefficient (Wildman–Crippen LogP) is 7.14. The second-order valence-electron chi connectivity index (χ2n) is 9.54. The van der Waals surface area contributed by atoms with Crippen LogP contribution in [-0.4, -0.2) is 18.3 Å². The minimum absolute atomic E-state index is 0.362. The molecule has 0 saturated carbocycles. The summed E-state index contributed by atoms with van der Waals surface area (Å²) in [5.74, 6) is 9.70. The molecule has 1 aromatic heterocycles. The average molecular weight is 442 g/mol. The van der Waals surface area contributed by atoms with Crippen molar-refractivity contribution in [2.45, 2.75) is 44.0 Å². The van der Waals surface area contributed by atoms with Gasteiger partial charge in [0.05, 0.1) is 0 Å². The fraction of sp³-hybridized carbons (Fsp3) is 0.269. The van der Waals surface area contributed by atoms with Crippen LogP contribution in [0.3, 0.4) is 0 Å². The number of aromatic nitrogens is 1. The second-order valence-corrected chi connectivity index (χ2v) is 20.0. The molecule has 0 N–H and O–H groups in total. The summed E-state index contributed by atoms with van der Waals surface area (Å²) < 4.78 is 8.24.